The van der Waals surface area contributed by atoms with Crippen LogP contribution in [-0.4, -0.2) is 39.7 Å². The van der Waals surface area contributed by atoms with Crippen LogP contribution in [0.3, 0.4) is 0 Å². The molecule has 0 fully saturated rings. The molecule has 3 amide bonds. The highest BCUT2D eigenvalue weighted by molar-refractivity contribution is 7.89. The molecule has 3 N–H and O–H groups in total. The first-order valence-electron chi connectivity index (χ1n) is 8.95. The number of nitrogens with one attached hydrogen (secondary N) is 3. The Bertz CT molecular complexity index is 976. The van der Waals surface area contributed by atoms with E-state index in [1.165, 1.54) is 24.5 Å². The van der Waals surface area contributed by atoms with Gasteiger partial charge in [-0.25, -0.2) is 17.6 Å². The van der Waals surface area contributed by atoms with Crippen LogP contribution in [-0.2, 0) is 22.1 Å². The molecule has 2 aromatic carbocycles. The fourth-order valence-electron chi connectivity index (χ4n) is 2.49. The predicted molar refractivity (Wildman–Crippen MR) is 109 cm³/mol. The van der Waals surface area contributed by atoms with Crippen LogP contribution in [0.5, 0.6) is 0 Å². The molecule has 156 valence electrons. The molecule has 0 aliphatic rings. The van der Waals surface area contributed by atoms with E-state index < -0.39 is 27.6 Å². The molecule has 2 aromatic rings. The molecule has 0 aromatic heterocycles. The predicted octanol–water partition coefficient (Wildman–Crippen LogP) is 1.91. The molecule has 0 unspecified atom stereocenters. The van der Waals surface area contributed by atoms with Gasteiger partial charge in [0, 0.05) is 31.5 Å². The van der Waals surface area contributed by atoms with Crippen molar-refractivity contribution in [2.24, 2.45) is 0 Å². The van der Waals surface area contributed by atoms with Crippen LogP contribution in [0.25, 0.3) is 0 Å². The minimum Gasteiger partial charge on any atom is -0.350 e. The number of urea groups is 1. The second kappa shape index (κ2) is 10.0. The first-order valence-corrected chi connectivity index (χ1v) is 11.0. The van der Waals surface area contributed by atoms with Gasteiger partial charge in [-0.2, -0.15) is 0 Å². The summed E-state index contributed by atoms with van der Waals surface area (Å²) in [6.07, 6.45) is 1.17. The monoisotopic (exact) mass is 421 g/mol. The topological polar surface area (TPSA) is 104 Å². The third kappa shape index (κ3) is 7.90. The van der Waals surface area contributed by atoms with Crippen molar-refractivity contribution < 1.29 is 22.4 Å². The van der Waals surface area contributed by atoms with Gasteiger partial charge in [0.2, 0.25) is 0 Å². The fourth-order valence-corrected chi connectivity index (χ4v) is 3.29. The second-order valence-electron chi connectivity index (χ2n) is 6.72. The molecule has 9 heteroatoms. The summed E-state index contributed by atoms with van der Waals surface area (Å²) in [7, 11) is -3.08. The maximum absolute atomic E-state index is 13.5. The van der Waals surface area contributed by atoms with Crippen LogP contribution in [0.4, 0.5) is 9.18 Å². The number of benzene rings is 2. The molecule has 0 saturated carbocycles. The molecule has 0 aliphatic carbocycles. The summed E-state index contributed by atoms with van der Waals surface area (Å²) in [5.41, 5.74) is 2.19. The summed E-state index contributed by atoms with van der Waals surface area (Å²) < 4.78 is 36.0. The quantitative estimate of drug-likeness (QED) is 0.566. The van der Waals surface area contributed by atoms with Gasteiger partial charge in [-0.3, -0.25) is 4.79 Å². The van der Waals surface area contributed by atoms with Crippen molar-refractivity contribution in [2.75, 3.05) is 19.3 Å². The van der Waals surface area contributed by atoms with Crippen LogP contribution in [0.1, 0.15) is 27.0 Å². The van der Waals surface area contributed by atoms with E-state index in [4.69, 9.17) is 0 Å². The first kappa shape index (κ1) is 22.4. The minimum atomic E-state index is -3.08. The Balaban J connectivity index is 1.68. The van der Waals surface area contributed by atoms with Crippen molar-refractivity contribution in [3.63, 3.8) is 0 Å². The molecule has 7 nitrogen and oxygen atoms in total. The molecule has 0 heterocycles. The summed E-state index contributed by atoms with van der Waals surface area (Å²) in [5, 5.41) is 7.88. The van der Waals surface area contributed by atoms with Crippen molar-refractivity contribution in [1.82, 2.24) is 16.0 Å². The number of amides is 3. The van der Waals surface area contributed by atoms with Gasteiger partial charge >= 0.3 is 6.03 Å². The van der Waals surface area contributed by atoms with E-state index in [2.05, 4.69) is 16.0 Å². The molecule has 0 bridgehead atoms. The Hall–Kier alpha value is -2.94. The van der Waals surface area contributed by atoms with Gasteiger partial charge in [-0.15, -0.1) is 0 Å². The largest absolute Gasteiger partial charge is 0.350 e. The van der Waals surface area contributed by atoms with Crippen LogP contribution in [0.15, 0.2) is 42.5 Å². The molecule has 0 atom stereocenters. The Morgan fingerprint density at radius 2 is 1.55 bits per heavy atom. The van der Waals surface area contributed by atoms with E-state index in [1.807, 2.05) is 0 Å². The minimum absolute atomic E-state index is 0.0257. The summed E-state index contributed by atoms with van der Waals surface area (Å²) in [5.74, 6) is -0.887. The fraction of sp³-hybridized carbons (Fsp3) is 0.300. The second-order valence-corrected chi connectivity index (χ2v) is 8.86. The zero-order chi connectivity index (χ0) is 21.4. The SMILES string of the molecule is Cc1ccc(C(=O)NCCNC(=O)NCc2ccc(CS(C)(=O)=O)cc2)cc1F. The molecular formula is C20H24FN3O4S. The Labute approximate surface area is 169 Å². The molecule has 2 rings (SSSR count). The van der Waals surface area contributed by atoms with Gasteiger partial charge in [0.05, 0.1) is 5.75 Å². The maximum Gasteiger partial charge on any atom is 0.315 e. The summed E-state index contributed by atoms with van der Waals surface area (Å²) in [4.78, 5) is 23.7. The highest BCUT2D eigenvalue weighted by Crippen LogP contribution is 2.09. The van der Waals surface area contributed by atoms with Crippen molar-refractivity contribution in [2.45, 2.75) is 19.2 Å². The first-order chi connectivity index (χ1) is 13.6. The van der Waals surface area contributed by atoms with Crippen molar-refractivity contribution in [3.05, 3.63) is 70.5 Å². The van der Waals surface area contributed by atoms with Gasteiger partial charge in [0.1, 0.15) is 5.82 Å². The number of sulfone groups is 1. The lowest BCUT2D eigenvalue weighted by Crippen LogP contribution is -2.40. The van der Waals surface area contributed by atoms with Crippen molar-refractivity contribution in [1.29, 1.82) is 0 Å². The smallest absolute Gasteiger partial charge is 0.315 e. The van der Waals surface area contributed by atoms with E-state index in [0.29, 0.717) is 11.1 Å². The van der Waals surface area contributed by atoms with Crippen LogP contribution >= 0.6 is 0 Å². The van der Waals surface area contributed by atoms with E-state index >= 15 is 0 Å². The number of carbonyl (C=O) groups excluding carboxylic acids is 2. The molecular weight excluding hydrogens is 397 g/mol. The standard InChI is InChI=1S/C20H24FN3O4S/c1-14-3-8-17(11-18(14)21)19(25)22-9-10-23-20(26)24-12-15-4-6-16(7-5-15)13-29(2,27)28/h3-8,11H,9-10,12-13H2,1-2H3,(H,22,25)(H2,23,24,26). The lowest BCUT2D eigenvalue weighted by atomic mass is 10.1. The van der Waals surface area contributed by atoms with E-state index in [0.717, 1.165) is 5.56 Å². The number of aryl methyl sites for hydroxylation is 1. The third-order valence-electron chi connectivity index (χ3n) is 4.04. The van der Waals surface area contributed by atoms with Crippen molar-refractivity contribution in [3.8, 4) is 0 Å². The Kier molecular flexibility index (Phi) is 7.72. The zero-order valence-corrected chi connectivity index (χ0v) is 17.1. The molecule has 0 spiro atoms. The third-order valence-corrected chi connectivity index (χ3v) is 4.89. The van der Waals surface area contributed by atoms with Crippen LogP contribution in [0.2, 0.25) is 0 Å². The van der Waals surface area contributed by atoms with Gasteiger partial charge in [0.25, 0.3) is 5.91 Å². The van der Waals surface area contributed by atoms with Gasteiger partial charge < -0.3 is 16.0 Å². The lowest BCUT2D eigenvalue weighted by molar-refractivity contribution is 0.0953. The number of carbonyl (C=O) groups is 2. The van der Waals surface area contributed by atoms with Gasteiger partial charge in [-0.1, -0.05) is 30.3 Å². The van der Waals surface area contributed by atoms with Gasteiger partial charge in [-0.05, 0) is 35.7 Å². The summed E-state index contributed by atoms with van der Waals surface area (Å²) in [6, 6.07) is 10.8. The van der Waals surface area contributed by atoms with Crippen LogP contribution < -0.4 is 16.0 Å². The highest BCUT2D eigenvalue weighted by atomic mass is 32.2. The van der Waals surface area contributed by atoms with E-state index in [9.17, 15) is 22.4 Å². The Morgan fingerprint density at radius 1 is 0.931 bits per heavy atom. The number of hydrogen-bond donors (Lipinski definition) is 3. The average Bonchev–Trinajstić information content (AvgIpc) is 2.65. The number of rotatable bonds is 8. The lowest BCUT2D eigenvalue weighted by Gasteiger charge is -2.09. The molecule has 29 heavy (non-hydrogen) atoms. The van der Waals surface area contributed by atoms with E-state index in [-0.39, 0.29) is 31.0 Å². The average molecular weight is 421 g/mol. The van der Waals surface area contributed by atoms with Gasteiger partial charge in [0.15, 0.2) is 9.84 Å². The maximum atomic E-state index is 13.5. The normalized spacial score (nSPS) is 11.0. The molecule has 0 aliphatic heterocycles. The number of hydrogen-bond acceptors (Lipinski definition) is 4. The summed E-state index contributed by atoms with van der Waals surface area (Å²) in [6.45, 7) is 2.30. The van der Waals surface area contributed by atoms with E-state index in [1.54, 1.807) is 31.2 Å². The summed E-state index contributed by atoms with van der Waals surface area (Å²) >= 11 is 0. The zero-order valence-electron chi connectivity index (χ0n) is 16.3. The molecule has 0 radical (unpaired) electrons. The van der Waals surface area contributed by atoms with Crippen LogP contribution in [0, 0.1) is 12.7 Å². The Morgan fingerprint density at radius 3 is 2.17 bits per heavy atom. The van der Waals surface area contributed by atoms with Crippen molar-refractivity contribution >= 4 is 21.8 Å². The highest BCUT2D eigenvalue weighted by Gasteiger charge is 2.08. The number of halogens is 1. The molecule has 0 saturated heterocycles.